The normalized spacial score (nSPS) is 37.9. The molecule has 4 nitrogen and oxygen atoms in total. The van der Waals surface area contributed by atoms with E-state index >= 15 is 0 Å². The molecular weight excluding hydrogens is 244 g/mol. The fourth-order valence-electron chi connectivity index (χ4n) is 3.75. The molecule has 0 aromatic rings. The summed E-state index contributed by atoms with van der Waals surface area (Å²) in [7, 11) is 1.32. The fourth-order valence-corrected chi connectivity index (χ4v) is 3.75. The van der Waals surface area contributed by atoms with Gasteiger partial charge >= 0.3 is 5.97 Å². The highest BCUT2D eigenvalue weighted by Crippen LogP contribution is 2.53. The van der Waals surface area contributed by atoms with E-state index in [0.717, 1.165) is 12.8 Å². The molecule has 1 saturated carbocycles. The number of rotatable bonds is 3. The standard InChI is InChI=1S/C15H22O4/c1-4-5-11-10-7-6-9(2)15(11,18)8-12(16)13(10)14(17)19-3/h4,9-11,16,18H,1,5-8H2,2-3H3/t9-,10+,11-,15+/m0/s1. The van der Waals surface area contributed by atoms with E-state index in [1.54, 1.807) is 6.08 Å². The lowest BCUT2D eigenvalue weighted by Crippen LogP contribution is -2.54. The van der Waals surface area contributed by atoms with E-state index in [9.17, 15) is 15.0 Å². The van der Waals surface area contributed by atoms with Crippen LogP contribution in [0.4, 0.5) is 0 Å². The van der Waals surface area contributed by atoms with Crippen LogP contribution in [0, 0.1) is 17.8 Å². The molecule has 0 amide bonds. The zero-order valence-electron chi connectivity index (χ0n) is 11.6. The molecule has 0 heterocycles. The number of hydrogen-bond acceptors (Lipinski definition) is 4. The summed E-state index contributed by atoms with van der Waals surface area (Å²) in [6.45, 7) is 5.74. The zero-order chi connectivity index (χ0) is 14.2. The van der Waals surface area contributed by atoms with E-state index in [4.69, 9.17) is 4.74 Å². The number of esters is 1. The minimum Gasteiger partial charge on any atom is -0.512 e. The number of carbonyl (C=O) groups excluding carboxylic acids is 1. The lowest BCUT2D eigenvalue weighted by Gasteiger charge is -2.51. The van der Waals surface area contributed by atoms with Crippen molar-refractivity contribution in [3.8, 4) is 0 Å². The van der Waals surface area contributed by atoms with Crippen LogP contribution in [0.25, 0.3) is 0 Å². The average molecular weight is 266 g/mol. The van der Waals surface area contributed by atoms with Crippen LogP contribution in [0.1, 0.15) is 32.6 Å². The van der Waals surface area contributed by atoms with Crippen molar-refractivity contribution in [1.82, 2.24) is 0 Å². The molecule has 0 aliphatic heterocycles. The van der Waals surface area contributed by atoms with Gasteiger partial charge in [-0.2, -0.15) is 0 Å². The van der Waals surface area contributed by atoms with Crippen LogP contribution in [0.15, 0.2) is 24.0 Å². The SMILES string of the molecule is C=CC[C@H]1[C@H]2CC[C@H](C)[C@]1(O)CC(O)=C2C(=O)OC. The van der Waals surface area contributed by atoms with E-state index in [0.29, 0.717) is 12.0 Å². The second-order valence-electron chi connectivity index (χ2n) is 5.74. The molecule has 2 aliphatic carbocycles. The van der Waals surface area contributed by atoms with Crippen molar-refractivity contribution in [2.45, 2.75) is 38.2 Å². The highest BCUT2D eigenvalue weighted by molar-refractivity contribution is 5.90. The Morgan fingerprint density at radius 3 is 2.84 bits per heavy atom. The van der Waals surface area contributed by atoms with Gasteiger partial charge in [-0.15, -0.1) is 6.58 Å². The molecule has 4 heteroatoms. The number of ether oxygens (including phenoxy) is 1. The summed E-state index contributed by atoms with van der Waals surface area (Å²) in [6.07, 6.45) is 4.18. The number of aliphatic hydroxyl groups excluding tert-OH is 1. The predicted octanol–water partition coefficient (Wildman–Crippen LogP) is 2.34. The molecule has 2 bridgehead atoms. The van der Waals surface area contributed by atoms with Gasteiger partial charge in [-0.1, -0.05) is 13.0 Å². The molecule has 4 atom stereocenters. The Hall–Kier alpha value is -1.29. The van der Waals surface area contributed by atoms with Crippen LogP contribution in [0.5, 0.6) is 0 Å². The summed E-state index contributed by atoms with van der Waals surface area (Å²) < 4.78 is 4.77. The lowest BCUT2D eigenvalue weighted by molar-refractivity contribution is -0.144. The first kappa shape index (κ1) is 14.1. The zero-order valence-corrected chi connectivity index (χ0v) is 11.6. The summed E-state index contributed by atoms with van der Waals surface area (Å²) in [4.78, 5) is 11.9. The van der Waals surface area contributed by atoms with Crippen LogP contribution in [-0.2, 0) is 9.53 Å². The maximum absolute atomic E-state index is 11.9. The highest BCUT2D eigenvalue weighted by Gasteiger charge is 2.54. The second-order valence-corrected chi connectivity index (χ2v) is 5.74. The topological polar surface area (TPSA) is 66.8 Å². The smallest absolute Gasteiger partial charge is 0.337 e. The molecule has 1 fully saturated rings. The molecule has 19 heavy (non-hydrogen) atoms. The predicted molar refractivity (Wildman–Crippen MR) is 71.4 cm³/mol. The van der Waals surface area contributed by atoms with Gasteiger partial charge < -0.3 is 14.9 Å². The molecule has 0 saturated heterocycles. The summed E-state index contributed by atoms with van der Waals surface area (Å²) in [5.74, 6) is -0.589. The number of fused-ring (bicyclic) bond motifs is 2. The molecule has 0 aromatic carbocycles. The Labute approximate surface area is 113 Å². The maximum atomic E-state index is 11.9. The van der Waals surface area contributed by atoms with Crippen molar-refractivity contribution in [1.29, 1.82) is 0 Å². The quantitative estimate of drug-likeness (QED) is 0.608. The van der Waals surface area contributed by atoms with Gasteiger partial charge in [0, 0.05) is 12.3 Å². The van der Waals surface area contributed by atoms with Crippen LogP contribution in [0.3, 0.4) is 0 Å². The van der Waals surface area contributed by atoms with Crippen molar-refractivity contribution in [3.05, 3.63) is 24.0 Å². The molecule has 2 rings (SSSR count). The number of allylic oxidation sites excluding steroid dienone is 1. The van der Waals surface area contributed by atoms with Gasteiger partial charge in [0.25, 0.3) is 0 Å². The monoisotopic (exact) mass is 266 g/mol. The Bertz CT molecular complexity index is 426. The van der Waals surface area contributed by atoms with E-state index in [2.05, 4.69) is 6.58 Å². The van der Waals surface area contributed by atoms with Crippen molar-refractivity contribution < 1.29 is 19.7 Å². The highest BCUT2D eigenvalue weighted by atomic mass is 16.5. The third-order valence-electron chi connectivity index (χ3n) is 4.85. The van der Waals surface area contributed by atoms with Crippen LogP contribution >= 0.6 is 0 Å². The van der Waals surface area contributed by atoms with Gasteiger partial charge in [-0.05, 0) is 31.1 Å². The third kappa shape index (κ3) is 2.08. The molecule has 0 aromatic heterocycles. The van der Waals surface area contributed by atoms with Crippen molar-refractivity contribution in [2.75, 3.05) is 7.11 Å². The maximum Gasteiger partial charge on any atom is 0.337 e. The van der Waals surface area contributed by atoms with Gasteiger partial charge in [0.05, 0.1) is 18.3 Å². The molecule has 0 radical (unpaired) electrons. The van der Waals surface area contributed by atoms with Gasteiger partial charge in [0.15, 0.2) is 0 Å². The Kier molecular flexibility index (Phi) is 3.72. The van der Waals surface area contributed by atoms with Crippen LogP contribution in [-0.4, -0.2) is 28.9 Å². The Balaban J connectivity index is 2.47. The van der Waals surface area contributed by atoms with E-state index in [-0.39, 0.29) is 29.9 Å². The van der Waals surface area contributed by atoms with Crippen molar-refractivity contribution >= 4 is 5.97 Å². The lowest BCUT2D eigenvalue weighted by atomic mass is 9.56. The fraction of sp³-hybridized carbons (Fsp3) is 0.667. The summed E-state index contributed by atoms with van der Waals surface area (Å²) in [6, 6.07) is 0. The Morgan fingerprint density at radius 1 is 1.58 bits per heavy atom. The molecule has 106 valence electrons. The summed E-state index contributed by atoms with van der Waals surface area (Å²) in [5, 5.41) is 21.0. The van der Waals surface area contributed by atoms with Crippen LogP contribution in [0.2, 0.25) is 0 Å². The largest absolute Gasteiger partial charge is 0.512 e. The molecule has 2 aliphatic rings. The third-order valence-corrected chi connectivity index (χ3v) is 4.85. The summed E-state index contributed by atoms with van der Waals surface area (Å²) in [5.41, 5.74) is -0.593. The van der Waals surface area contributed by atoms with E-state index in [1.807, 2.05) is 6.92 Å². The first-order valence-corrected chi connectivity index (χ1v) is 6.79. The number of aliphatic hydroxyl groups is 2. The molecule has 0 unspecified atom stereocenters. The second kappa shape index (κ2) is 5.00. The van der Waals surface area contributed by atoms with Gasteiger partial charge in [-0.3, -0.25) is 0 Å². The number of hydrogen-bond donors (Lipinski definition) is 2. The van der Waals surface area contributed by atoms with E-state index < -0.39 is 11.6 Å². The van der Waals surface area contributed by atoms with Crippen molar-refractivity contribution in [3.63, 3.8) is 0 Å². The first-order chi connectivity index (χ1) is 8.95. The van der Waals surface area contributed by atoms with Crippen LogP contribution < -0.4 is 0 Å². The first-order valence-electron chi connectivity index (χ1n) is 6.79. The molecular formula is C15H22O4. The minimum atomic E-state index is -0.946. The average Bonchev–Trinajstić information content (AvgIpc) is 2.37. The van der Waals surface area contributed by atoms with Crippen molar-refractivity contribution in [2.24, 2.45) is 17.8 Å². The van der Waals surface area contributed by atoms with Gasteiger partial charge in [0.2, 0.25) is 0 Å². The minimum absolute atomic E-state index is 0.00814. The van der Waals surface area contributed by atoms with E-state index in [1.165, 1.54) is 7.11 Å². The van der Waals surface area contributed by atoms with Gasteiger partial charge in [0.1, 0.15) is 5.76 Å². The number of methoxy groups -OCH3 is 1. The van der Waals surface area contributed by atoms with Gasteiger partial charge in [-0.25, -0.2) is 4.79 Å². The molecule has 2 N–H and O–H groups in total. The number of carbonyl (C=O) groups is 1. The summed E-state index contributed by atoms with van der Waals surface area (Å²) >= 11 is 0. The Morgan fingerprint density at radius 2 is 2.26 bits per heavy atom. The molecule has 0 spiro atoms.